The lowest BCUT2D eigenvalue weighted by molar-refractivity contribution is -0.145. The van der Waals surface area contributed by atoms with Crippen LogP contribution in [-0.2, 0) is 9.59 Å². The number of aliphatic carboxylic acids is 2. The van der Waals surface area contributed by atoms with Crippen LogP contribution >= 0.6 is 0 Å². The fraction of sp³-hybridized carbons (Fsp3) is 0.438. The van der Waals surface area contributed by atoms with Gasteiger partial charge in [-0.25, -0.2) is 0 Å². The highest BCUT2D eigenvalue weighted by molar-refractivity contribution is 5.95. The number of nitrogens with two attached hydrogens (primary N) is 1. The molecular formula is C16H18N2O6. The summed E-state index contributed by atoms with van der Waals surface area (Å²) in [6.07, 6.45) is 0.0111. The molecular weight excluding hydrogens is 316 g/mol. The molecule has 2 aliphatic rings. The molecule has 2 saturated carbocycles. The monoisotopic (exact) mass is 334 g/mol. The number of benzene rings is 1. The van der Waals surface area contributed by atoms with Crippen molar-refractivity contribution in [2.45, 2.75) is 18.0 Å². The number of nitrogens with one attached hydrogen (secondary N) is 1. The molecule has 1 aromatic carbocycles. The van der Waals surface area contributed by atoms with E-state index in [4.69, 9.17) is 10.5 Å². The quantitative estimate of drug-likeness (QED) is 0.591. The second-order valence-electron chi connectivity index (χ2n) is 6.33. The number of fused-ring (bicyclic) bond motifs is 1. The van der Waals surface area contributed by atoms with Gasteiger partial charge >= 0.3 is 11.9 Å². The molecule has 2 fully saturated rings. The summed E-state index contributed by atoms with van der Waals surface area (Å²) in [6.45, 7) is 0. The van der Waals surface area contributed by atoms with Crippen molar-refractivity contribution in [1.29, 1.82) is 0 Å². The Morgan fingerprint density at radius 2 is 2.04 bits per heavy atom. The molecule has 0 bridgehead atoms. The highest BCUT2D eigenvalue weighted by atomic mass is 16.5. The molecule has 128 valence electrons. The highest BCUT2D eigenvalue weighted by Crippen LogP contribution is 2.61. The minimum absolute atomic E-state index is 0.0111. The largest absolute Gasteiger partial charge is 0.497 e. The average Bonchev–Trinajstić information content (AvgIpc) is 3.24. The van der Waals surface area contributed by atoms with Gasteiger partial charge in [0.1, 0.15) is 11.3 Å². The highest BCUT2D eigenvalue weighted by Gasteiger charge is 2.74. The second-order valence-corrected chi connectivity index (χ2v) is 6.33. The van der Waals surface area contributed by atoms with Crippen molar-refractivity contribution in [2.24, 2.45) is 23.5 Å². The van der Waals surface area contributed by atoms with E-state index < -0.39 is 47.2 Å². The van der Waals surface area contributed by atoms with E-state index in [1.54, 1.807) is 24.3 Å². The normalized spacial score (nSPS) is 33.4. The van der Waals surface area contributed by atoms with Crippen molar-refractivity contribution < 1.29 is 29.3 Å². The summed E-state index contributed by atoms with van der Waals surface area (Å²) in [7, 11) is 1.48. The van der Waals surface area contributed by atoms with Crippen LogP contribution in [0.4, 0.5) is 0 Å². The number of methoxy groups -OCH3 is 1. The number of rotatable bonds is 5. The molecule has 1 aromatic rings. The maximum Gasteiger partial charge on any atom is 0.324 e. The number of hydrogen-bond donors (Lipinski definition) is 4. The summed E-state index contributed by atoms with van der Waals surface area (Å²) in [5, 5.41) is 21.3. The Hall–Kier alpha value is -2.61. The Balaban J connectivity index is 1.79. The number of carboxylic acid groups (broad SMARTS) is 2. The third-order valence-corrected chi connectivity index (χ3v) is 5.02. The van der Waals surface area contributed by atoms with Gasteiger partial charge in [-0.2, -0.15) is 0 Å². The molecule has 8 heteroatoms. The third-order valence-electron chi connectivity index (χ3n) is 5.02. The summed E-state index contributed by atoms with van der Waals surface area (Å²) in [4.78, 5) is 35.1. The summed E-state index contributed by atoms with van der Waals surface area (Å²) in [5.41, 5.74) is 4.66. The van der Waals surface area contributed by atoms with Crippen LogP contribution in [0, 0.1) is 17.8 Å². The molecule has 5 unspecified atom stereocenters. The lowest BCUT2D eigenvalue weighted by atomic mass is 9.90. The summed E-state index contributed by atoms with van der Waals surface area (Å²) >= 11 is 0. The van der Waals surface area contributed by atoms with E-state index in [1.807, 2.05) is 0 Å². The molecule has 24 heavy (non-hydrogen) atoms. The van der Waals surface area contributed by atoms with E-state index >= 15 is 0 Å². The molecule has 2 aliphatic carbocycles. The van der Waals surface area contributed by atoms with E-state index in [0.29, 0.717) is 11.3 Å². The molecule has 0 aromatic heterocycles. The van der Waals surface area contributed by atoms with Gasteiger partial charge in [0.15, 0.2) is 0 Å². The zero-order chi connectivity index (χ0) is 17.6. The number of ether oxygens (including phenoxy) is 1. The number of amides is 1. The van der Waals surface area contributed by atoms with Crippen LogP contribution in [0.3, 0.4) is 0 Å². The van der Waals surface area contributed by atoms with Crippen molar-refractivity contribution in [3.8, 4) is 5.75 Å². The van der Waals surface area contributed by atoms with Crippen molar-refractivity contribution in [3.63, 3.8) is 0 Å². The molecule has 0 spiro atoms. The number of carbonyl (C=O) groups excluding carboxylic acids is 1. The Morgan fingerprint density at radius 3 is 2.62 bits per heavy atom. The minimum Gasteiger partial charge on any atom is -0.497 e. The van der Waals surface area contributed by atoms with Gasteiger partial charge in [0.2, 0.25) is 0 Å². The van der Waals surface area contributed by atoms with E-state index in [0.717, 1.165) is 0 Å². The number of carboxylic acids is 2. The Kier molecular flexibility index (Phi) is 3.71. The van der Waals surface area contributed by atoms with Crippen molar-refractivity contribution in [2.75, 3.05) is 7.11 Å². The van der Waals surface area contributed by atoms with Gasteiger partial charge in [0.25, 0.3) is 5.91 Å². The lowest BCUT2D eigenvalue weighted by Crippen LogP contribution is -2.52. The zero-order valence-electron chi connectivity index (χ0n) is 12.9. The SMILES string of the molecule is COc1cccc(C(=O)NC2CC(N)(C(=O)O)C3C(C(=O)O)C23)c1. The van der Waals surface area contributed by atoms with Gasteiger partial charge in [0.05, 0.1) is 13.0 Å². The molecule has 0 aliphatic heterocycles. The Morgan fingerprint density at radius 1 is 1.33 bits per heavy atom. The second kappa shape index (κ2) is 5.48. The van der Waals surface area contributed by atoms with E-state index in [2.05, 4.69) is 5.32 Å². The minimum atomic E-state index is -1.62. The first-order valence-corrected chi connectivity index (χ1v) is 7.49. The third kappa shape index (κ3) is 2.39. The summed E-state index contributed by atoms with van der Waals surface area (Å²) < 4.78 is 5.06. The first kappa shape index (κ1) is 16.3. The van der Waals surface area contributed by atoms with E-state index in [9.17, 15) is 24.6 Å². The maximum absolute atomic E-state index is 12.4. The molecule has 0 radical (unpaired) electrons. The average molecular weight is 334 g/mol. The molecule has 8 nitrogen and oxygen atoms in total. The van der Waals surface area contributed by atoms with Crippen molar-refractivity contribution in [3.05, 3.63) is 29.8 Å². The predicted octanol–water partition coefficient (Wildman–Crippen LogP) is -0.0738. The molecule has 3 rings (SSSR count). The van der Waals surface area contributed by atoms with Crippen LogP contribution in [0.2, 0.25) is 0 Å². The standard InChI is InChI=1S/C16H18N2O6/c1-24-8-4-2-3-7(5-8)13(19)18-9-6-16(17,15(22)23)12-10(9)11(12)14(20)21/h2-5,9-12H,6,17H2,1H3,(H,18,19)(H,20,21)(H,22,23). The van der Waals surface area contributed by atoms with Crippen molar-refractivity contribution in [1.82, 2.24) is 5.32 Å². The maximum atomic E-state index is 12.4. The smallest absolute Gasteiger partial charge is 0.324 e. The van der Waals surface area contributed by atoms with Crippen LogP contribution in [-0.4, -0.2) is 46.7 Å². The van der Waals surface area contributed by atoms with E-state index in [1.165, 1.54) is 7.11 Å². The van der Waals surface area contributed by atoms with Gasteiger partial charge < -0.3 is 26.0 Å². The van der Waals surface area contributed by atoms with Gasteiger partial charge in [-0.3, -0.25) is 14.4 Å². The topological polar surface area (TPSA) is 139 Å². The fourth-order valence-electron chi connectivity index (χ4n) is 3.85. The zero-order valence-corrected chi connectivity index (χ0v) is 12.9. The Bertz CT molecular complexity index is 720. The van der Waals surface area contributed by atoms with Crippen molar-refractivity contribution >= 4 is 17.8 Å². The molecule has 5 N–H and O–H groups in total. The van der Waals surface area contributed by atoms with Crippen LogP contribution in [0.1, 0.15) is 16.8 Å². The lowest BCUT2D eigenvalue weighted by Gasteiger charge is -2.25. The van der Waals surface area contributed by atoms with Gasteiger partial charge in [-0.1, -0.05) is 6.07 Å². The molecule has 0 heterocycles. The van der Waals surface area contributed by atoms with Gasteiger partial charge in [0, 0.05) is 17.5 Å². The van der Waals surface area contributed by atoms with E-state index in [-0.39, 0.29) is 6.42 Å². The predicted molar refractivity (Wildman–Crippen MR) is 81.5 cm³/mol. The van der Waals surface area contributed by atoms with Gasteiger partial charge in [-0.05, 0) is 30.5 Å². The van der Waals surface area contributed by atoms with Crippen LogP contribution < -0.4 is 15.8 Å². The first-order chi connectivity index (χ1) is 11.3. The van der Waals surface area contributed by atoms with Gasteiger partial charge in [-0.15, -0.1) is 0 Å². The van der Waals surface area contributed by atoms with Crippen LogP contribution in [0.5, 0.6) is 5.75 Å². The fourth-order valence-corrected chi connectivity index (χ4v) is 3.85. The first-order valence-electron chi connectivity index (χ1n) is 7.49. The molecule has 0 saturated heterocycles. The van der Waals surface area contributed by atoms with Crippen LogP contribution in [0.25, 0.3) is 0 Å². The van der Waals surface area contributed by atoms with Crippen LogP contribution in [0.15, 0.2) is 24.3 Å². The summed E-state index contributed by atoms with van der Waals surface area (Å²) in [6, 6.07) is 5.91. The summed E-state index contributed by atoms with van der Waals surface area (Å²) in [5.74, 6) is -4.18. The molecule has 1 amide bonds. The number of hydrogen-bond acceptors (Lipinski definition) is 5. The Labute approximate surface area is 137 Å². The number of carbonyl (C=O) groups is 3. The molecule has 5 atom stereocenters.